The molecule has 15 heteroatoms. The zero-order valence-electron chi connectivity index (χ0n) is 18.1. The maximum Gasteiger partial charge on any atom is 0.459 e. The molecule has 1 aromatic heterocycles. The van der Waals surface area contributed by atoms with Gasteiger partial charge in [-0.1, -0.05) is 18.2 Å². The quantitative estimate of drug-likeness (QED) is 0.297. The van der Waals surface area contributed by atoms with Gasteiger partial charge in [-0.25, -0.2) is 13.8 Å². The molecule has 1 aliphatic rings. The molecular formula is C19H24FN4O9P. The molecule has 1 saturated heterocycles. The number of para-hydroxylation sites is 1. The highest BCUT2D eigenvalue weighted by Gasteiger charge is 2.63. The number of nitrogens with zero attached hydrogens (tertiary/aromatic N) is 2. The van der Waals surface area contributed by atoms with E-state index in [1.54, 1.807) is 18.2 Å². The number of benzene rings is 1. The third-order valence-electron chi connectivity index (χ3n) is 5.00. The fourth-order valence-electron chi connectivity index (χ4n) is 3.17. The maximum absolute atomic E-state index is 15.7. The van der Waals surface area contributed by atoms with Crippen LogP contribution in [0.3, 0.4) is 0 Å². The lowest BCUT2D eigenvalue weighted by Crippen LogP contribution is -2.50. The van der Waals surface area contributed by atoms with Crippen LogP contribution in [0.2, 0.25) is 0 Å². The largest absolute Gasteiger partial charge is 0.480 e. The summed E-state index contributed by atoms with van der Waals surface area (Å²) in [5.74, 6) is -4.71. The van der Waals surface area contributed by atoms with Gasteiger partial charge in [-0.3, -0.25) is 13.9 Å². The normalized spacial score (nSPS) is 29.3. The number of aliphatic carboxylic acids is 1. The van der Waals surface area contributed by atoms with E-state index in [1.165, 1.54) is 18.2 Å². The summed E-state index contributed by atoms with van der Waals surface area (Å²) in [4.78, 5) is 26.9. The molecule has 186 valence electrons. The van der Waals surface area contributed by atoms with Crippen LogP contribution in [0.5, 0.6) is 5.75 Å². The number of nitrogens with two attached hydrogens (primary N) is 1. The summed E-state index contributed by atoms with van der Waals surface area (Å²) in [6, 6.07) is 7.28. The molecule has 0 spiro atoms. The van der Waals surface area contributed by atoms with E-state index in [1.807, 2.05) is 0 Å². The Bertz CT molecular complexity index is 1150. The number of anilines is 1. The van der Waals surface area contributed by atoms with Gasteiger partial charge in [-0.05, 0) is 32.0 Å². The van der Waals surface area contributed by atoms with Crippen LogP contribution in [-0.4, -0.2) is 61.0 Å². The van der Waals surface area contributed by atoms with Gasteiger partial charge in [0.25, 0.3) is 5.85 Å². The van der Waals surface area contributed by atoms with Gasteiger partial charge in [0.15, 0.2) is 6.23 Å². The molecule has 0 saturated carbocycles. The lowest BCUT2D eigenvalue weighted by atomic mass is 9.95. The second kappa shape index (κ2) is 9.41. The molecule has 6 atom stereocenters. The number of ether oxygens (including phenoxy) is 1. The van der Waals surface area contributed by atoms with E-state index in [4.69, 9.17) is 24.6 Å². The minimum Gasteiger partial charge on any atom is -0.480 e. The molecule has 1 fully saturated rings. The summed E-state index contributed by atoms with van der Waals surface area (Å²) >= 11 is 0. The van der Waals surface area contributed by atoms with Gasteiger partial charge >= 0.3 is 19.4 Å². The standard InChI is InChI=1S/C19H24FN4O9P/c1-11(14(25)26)23-34(30,33-12-6-4-3-5-7-12)31-10-19(20)15(27)18(2,29)16(32-19)24-9-8-13(21)22-17(24)28/h3-9,11,15-16,27,29H,10H2,1-2H3,(H,23,30)(H,25,26)(H2,21,22,28)/t11?,15-,16+,18+,19+,34-/m0/s1. The number of aliphatic hydroxyl groups excluding tert-OH is 1. The first-order valence-electron chi connectivity index (χ1n) is 9.89. The van der Waals surface area contributed by atoms with E-state index in [0.29, 0.717) is 4.57 Å². The van der Waals surface area contributed by atoms with E-state index in [0.717, 1.165) is 20.0 Å². The molecule has 3 rings (SSSR count). The smallest absolute Gasteiger partial charge is 0.459 e. The van der Waals surface area contributed by atoms with Crippen molar-refractivity contribution in [2.24, 2.45) is 0 Å². The molecule has 0 aliphatic carbocycles. The molecule has 34 heavy (non-hydrogen) atoms. The fraction of sp³-hybridized carbons (Fsp3) is 0.421. The van der Waals surface area contributed by atoms with Gasteiger partial charge in [0, 0.05) is 6.20 Å². The van der Waals surface area contributed by atoms with E-state index in [2.05, 4.69) is 10.1 Å². The van der Waals surface area contributed by atoms with Crippen LogP contribution in [0.25, 0.3) is 0 Å². The number of rotatable bonds is 9. The molecule has 1 unspecified atom stereocenters. The van der Waals surface area contributed by atoms with Gasteiger partial charge in [0.2, 0.25) is 0 Å². The zero-order valence-corrected chi connectivity index (χ0v) is 19.0. The number of aliphatic hydroxyl groups is 2. The van der Waals surface area contributed by atoms with Crippen molar-refractivity contribution in [3.05, 3.63) is 53.1 Å². The number of carboxylic acids is 1. The van der Waals surface area contributed by atoms with E-state index in [9.17, 15) is 24.4 Å². The number of nitrogens with one attached hydrogen (secondary N) is 1. The van der Waals surface area contributed by atoms with Crippen LogP contribution < -0.4 is 21.0 Å². The van der Waals surface area contributed by atoms with E-state index in [-0.39, 0.29) is 11.6 Å². The van der Waals surface area contributed by atoms with Gasteiger partial charge < -0.3 is 30.3 Å². The van der Waals surface area contributed by atoms with Crippen molar-refractivity contribution < 1.29 is 42.9 Å². The van der Waals surface area contributed by atoms with Crippen molar-refractivity contribution in [1.82, 2.24) is 14.6 Å². The van der Waals surface area contributed by atoms with Crippen LogP contribution in [0, 0.1) is 0 Å². The van der Waals surface area contributed by atoms with Crippen molar-refractivity contribution in [3.8, 4) is 5.75 Å². The van der Waals surface area contributed by atoms with Crippen molar-refractivity contribution in [2.75, 3.05) is 12.3 Å². The molecular weight excluding hydrogens is 478 g/mol. The number of carboxylic acid groups (broad SMARTS) is 1. The van der Waals surface area contributed by atoms with Crippen LogP contribution >= 0.6 is 7.75 Å². The van der Waals surface area contributed by atoms with Crippen LogP contribution in [0.4, 0.5) is 10.2 Å². The second-order valence-corrected chi connectivity index (χ2v) is 9.49. The number of hydrogen-bond donors (Lipinski definition) is 5. The van der Waals surface area contributed by atoms with Gasteiger partial charge in [0.1, 0.15) is 35.9 Å². The van der Waals surface area contributed by atoms with Gasteiger partial charge in [-0.2, -0.15) is 10.1 Å². The first-order chi connectivity index (χ1) is 15.8. The molecule has 1 aromatic carbocycles. The number of carbonyl (C=O) groups is 1. The monoisotopic (exact) mass is 502 g/mol. The van der Waals surface area contributed by atoms with Crippen molar-refractivity contribution >= 4 is 19.5 Å². The molecule has 2 aromatic rings. The second-order valence-electron chi connectivity index (χ2n) is 7.79. The SMILES string of the molecule is CC(N[P@](=O)(OC[C@@]1(F)O[C@@H](n2ccc(N)nc2=O)[C@](C)(O)[C@@H]1O)Oc1ccccc1)C(=O)O. The number of alkyl halides is 1. The average molecular weight is 502 g/mol. The molecule has 0 bridgehead atoms. The first-order valence-corrected chi connectivity index (χ1v) is 11.4. The van der Waals surface area contributed by atoms with Crippen LogP contribution in [0.1, 0.15) is 20.1 Å². The Morgan fingerprint density at radius 2 is 2.06 bits per heavy atom. The molecule has 1 aliphatic heterocycles. The highest BCUT2D eigenvalue weighted by molar-refractivity contribution is 7.52. The van der Waals surface area contributed by atoms with Crippen LogP contribution in [-0.2, 0) is 18.6 Å². The highest BCUT2D eigenvalue weighted by Crippen LogP contribution is 2.50. The maximum atomic E-state index is 15.7. The Morgan fingerprint density at radius 1 is 1.41 bits per heavy atom. The Balaban J connectivity index is 1.86. The predicted molar refractivity (Wildman–Crippen MR) is 114 cm³/mol. The van der Waals surface area contributed by atoms with Gasteiger partial charge in [-0.15, -0.1) is 0 Å². The number of nitrogen functional groups attached to an aromatic ring is 1. The number of halogens is 1. The summed E-state index contributed by atoms with van der Waals surface area (Å²) < 4.78 is 45.2. The van der Waals surface area contributed by atoms with E-state index < -0.39 is 55.8 Å². The topological polar surface area (TPSA) is 195 Å². The Morgan fingerprint density at radius 3 is 2.65 bits per heavy atom. The first kappa shape index (κ1) is 25.7. The lowest BCUT2D eigenvalue weighted by Gasteiger charge is -2.28. The van der Waals surface area contributed by atoms with E-state index >= 15 is 4.39 Å². The minimum atomic E-state index is -4.56. The van der Waals surface area contributed by atoms with Crippen molar-refractivity contribution in [2.45, 2.75) is 43.7 Å². The molecule has 6 N–H and O–H groups in total. The summed E-state index contributed by atoms with van der Waals surface area (Å²) in [6.07, 6.45) is -2.98. The highest BCUT2D eigenvalue weighted by atomic mass is 31.2. The summed E-state index contributed by atoms with van der Waals surface area (Å²) in [5, 5.41) is 32.5. The third kappa shape index (κ3) is 5.27. The number of aromatic nitrogens is 2. The van der Waals surface area contributed by atoms with Crippen molar-refractivity contribution in [1.29, 1.82) is 0 Å². The lowest BCUT2D eigenvalue weighted by molar-refractivity contribution is -0.203. The van der Waals surface area contributed by atoms with Crippen molar-refractivity contribution in [3.63, 3.8) is 0 Å². The molecule has 2 heterocycles. The summed E-state index contributed by atoms with van der Waals surface area (Å²) in [5.41, 5.74) is 2.07. The fourth-order valence-corrected chi connectivity index (χ4v) is 4.68. The molecule has 13 nitrogen and oxygen atoms in total. The molecule has 0 amide bonds. The Kier molecular flexibility index (Phi) is 7.12. The summed E-state index contributed by atoms with van der Waals surface area (Å²) in [6.45, 7) is 0.888. The van der Waals surface area contributed by atoms with Gasteiger partial charge in [0.05, 0.1) is 0 Å². The zero-order chi connectivity index (χ0) is 25.3. The third-order valence-corrected chi connectivity index (χ3v) is 6.62. The summed E-state index contributed by atoms with van der Waals surface area (Å²) in [7, 11) is -4.56. The predicted octanol–water partition coefficient (Wildman–Crippen LogP) is 0.398. The average Bonchev–Trinajstić information content (AvgIpc) is 2.93. The Hall–Kier alpha value is -2.87. The minimum absolute atomic E-state index is 0.0149. The van der Waals surface area contributed by atoms with Crippen LogP contribution in [0.15, 0.2) is 47.4 Å². The Labute approximate surface area is 192 Å². The molecule has 0 radical (unpaired) electrons. The number of hydrogen-bond acceptors (Lipinski definition) is 10.